The SMILES string of the molecule is CC(C1CC1)N(C)c1nc2ccccc2cc1C(N)=NO. The van der Waals surface area contributed by atoms with Gasteiger partial charge in [0.05, 0.1) is 11.1 Å². The van der Waals surface area contributed by atoms with Gasteiger partial charge >= 0.3 is 0 Å². The van der Waals surface area contributed by atoms with Crippen LogP contribution >= 0.6 is 0 Å². The fourth-order valence-electron chi connectivity index (χ4n) is 2.70. The molecule has 110 valence electrons. The molecular weight excluding hydrogens is 264 g/mol. The number of rotatable bonds is 4. The van der Waals surface area contributed by atoms with Gasteiger partial charge in [0.1, 0.15) is 5.82 Å². The summed E-state index contributed by atoms with van der Waals surface area (Å²) in [6.45, 7) is 2.20. The van der Waals surface area contributed by atoms with Gasteiger partial charge in [0.2, 0.25) is 0 Å². The zero-order valence-electron chi connectivity index (χ0n) is 12.3. The highest BCUT2D eigenvalue weighted by molar-refractivity contribution is 6.04. The quantitative estimate of drug-likeness (QED) is 0.391. The molecule has 1 aliphatic rings. The first-order chi connectivity index (χ1) is 10.1. The van der Waals surface area contributed by atoms with Crippen LogP contribution in [0.15, 0.2) is 35.5 Å². The number of para-hydroxylation sites is 1. The van der Waals surface area contributed by atoms with Crippen molar-refractivity contribution in [3.63, 3.8) is 0 Å². The Morgan fingerprint density at radius 2 is 2.14 bits per heavy atom. The maximum atomic E-state index is 9.04. The average molecular weight is 284 g/mol. The topological polar surface area (TPSA) is 74.7 Å². The van der Waals surface area contributed by atoms with Crippen molar-refractivity contribution in [2.75, 3.05) is 11.9 Å². The maximum Gasteiger partial charge on any atom is 0.173 e. The van der Waals surface area contributed by atoms with E-state index in [9.17, 15) is 0 Å². The van der Waals surface area contributed by atoms with Crippen molar-refractivity contribution in [2.24, 2.45) is 16.8 Å². The van der Waals surface area contributed by atoms with Gasteiger partial charge in [0, 0.05) is 18.5 Å². The van der Waals surface area contributed by atoms with Gasteiger partial charge in [0.25, 0.3) is 0 Å². The van der Waals surface area contributed by atoms with Gasteiger partial charge in [-0.2, -0.15) is 0 Å². The molecule has 1 heterocycles. The number of hydrogen-bond donors (Lipinski definition) is 2. The fraction of sp³-hybridized carbons (Fsp3) is 0.375. The number of nitrogens with two attached hydrogens (primary N) is 1. The van der Waals surface area contributed by atoms with E-state index in [2.05, 4.69) is 17.0 Å². The zero-order chi connectivity index (χ0) is 15.0. The Morgan fingerprint density at radius 3 is 2.81 bits per heavy atom. The van der Waals surface area contributed by atoms with Crippen LogP contribution in [0.25, 0.3) is 10.9 Å². The van der Waals surface area contributed by atoms with Crippen LogP contribution in [-0.2, 0) is 0 Å². The first-order valence-corrected chi connectivity index (χ1v) is 7.22. The highest BCUT2D eigenvalue weighted by atomic mass is 16.4. The largest absolute Gasteiger partial charge is 0.409 e. The van der Waals surface area contributed by atoms with Crippen LogP contribution in [0.3, 0.4) is 0 Å². The van der Waals surface area contributed by atoms with Crippen LogP contribution in [0.1, 0.15) is 25.3 Å². The second kappa shape index (κ2) is 5.24. The lowest BCUT2D eigenvalue weighted by Crippen LogP contribution is -2.33. The maximum absolute atomic E-state index is 9.04. The summed E-state index contributed by atoms with van der Waals surface area (Å²) >= 11 is 0. The van der Waals surface area contributed by atoms with Gasteiger partial charge in [-0.25, -0.2) is 4.98 Å². The lowest BCUT2D eigenvalue weighted by atomic mass is 10.1. The number of anilines is 1. The molecule has 1 atom stereocenters. The van der Waals surface area contributed by atoms with Gasteiger partial charge in [-0.05, 0) is 37.8 Å². The average Bonchev–Trinajstić information content (AvgIpc) is 3.36. The van der Waals surface area contributed by atoms with Crippen molar-refractivity contribution in [3.05, 3.63) is 35.9 Å². The Labute approximate surface area is 124 Å². The Balaban J connectivity index is 2.13. The van der Waals surface area contributed by atoms with Crippen LogP contribution < -0.4 is 10.6 Å². The number of amidine groups is 1. The van der Waals surface area contributed by atoms with Crippen LogP contribution in [0.5, 0.6) is 0 Å². The van der Waals surface area contributed by atoms with Gasteiger partial charge in [-0.1, -0.05) is 23.4 Å². The molecule has 1 aliphatic carbocycles. The summed E-state index contributed by atoms with van der Waals surface area (Å²) in [6.07, 6.45) is 2.52. The summed E-state index contributed by atoms with van der Waals surface area (Å²) in [4.78, 5) is 6.87. The monoisotopic (exact) mass is 284 g/mol. The van der Waals surface area contributed by atoms with E-state index in [1.54, 1.807) is 0 Å². The molecule has 1 aromatic carbocycles. The van der Waals surface area contributed by atoms with Gasteiger partial charge in [-0.15, -0.1) is 0 Å². The first-order valence-electron chi connectivity index (χ1n) is 7.22. The molecule has 0 amide bonds. The standard InChI is InChI=1S/C16H20N4O/c1-10(11-7-8-11)20(2)16-13(15(17)19-21)9-12-5-3-4-6-14(12)18-16/h3-6,9-11,21H,7-8H2,1-2H3,(H2,17,19). The van der Waals surface area contributed by atoms with E-state index >= 15 is 0 Å². The lowest BCUT2D eigenvalue weighted by Gasteiger charge is -2.28. The molecule has 0 radical (unpaired) electrons. The van der Waals surface area contributed by atoms with Crippen LogP contribution in [0.4, 0.5) is 5.82 Å². The second-order valence-electron chi connectivity index (χ2n) is 5.73. The van der Waals surface area contributed by atoms with Crippen molar-refractivity contribution in [2.45, 2.75) is 25.8 Å². The van der Waals surface area contributed by atoms with Gasteiger partial charge in [-0.3, -0.25) is 0 Å². The van der Waals surface area contributed by atoms with E-state index in [1.807, 2.05) is 37.4 Å². The third-order valence-electron chi connectivity index (χ3n) is 4.34. The van der Waals surface area contributed by atoms with E-state index in [0.717, 1.165) is 16.7 Å². The van der Waals surface area contributed by atoms with Crippen LogP contribution in [0.2, 0.25) is 0 Å². The summed E-state index contributed by atoms with van der Waals surface area (Å²) in [6, 6.07) is 10.2. The smallest absolute Gasteiger partial charge is 0.173 e. The molecule has 3 rings (SSSR count). The summed E-state index contributed by atoms with van der Waals surface area (Å²) in [5, 5.41) is 13.2. The predicted octanol–water partition coefficient (Wildman–Crippen LogP) is 2.56. The summed E-state index contributed by atoms with van der Waals surface area (Å²) in [5.41, 5.74) is 7.44. The van der Waals surface area contributed by atoms with Crippen molar-refractivity contribution >= 4 is 22.6 Å². The third-order valence-corrected chi connectivity index (χ3v) is 4.34. The van der Waals surface area contributed by atoms with E-state index in [0.29, 0.717) is 17.5 Å². The van der Waals surface area contributed by atoms with E-state index in [1.165, 1.54) is 12.8 Å². The van der Waals surface area contributed by atoms with Crippen molar-refractivity contribution in [1.29, 1.82) is 0 Å². The molecule has 1 fully saturated rings. The van der Waals surface area contributed by atoms with Gasteiger partial charge < -0.3 is 15.8 Å². The normalized spacial score (nSPS) is 17.0. The Hall–Kier alpha value is -2.30. The number of oxime groups is 1. The Bertz CT molecular complexity index is 694. The third kappa shape index (κ3) is 2.51. The van der Waals surface area contributed by atoms with Crippen molar-refractivity contribution in [1.82, 2.24) is 4.98 Å². The second-order valence-corrected chi connectivity index (χ2v) is 5.73. The van der Waals surface area contributed by atoms with Crippen LogP contribution in [0, 0.1) is 5.92 Å². The van der Waals surface area contributed by atoms with Crippen molar-refractivity contribution < 1.29 is 5.21 Å². The lowest BCUT2D eigenvalue weighted by molar-refractivity contribution is 0.318. The molecule has 1 saturated carbocycles. The molecular formula is C16H20N4O. The summed E-state index contributed by atoms with van der Waals surface area (Å²) in [5.74, 6) is 1.57. The molecule has 0 bridgehead atoms. The molecule has 1 unspecified atom stereocenters. The Morgan fingerprint density at radius 1 is 1.43 bits per heavy atom. The molecule has 5 nitrogen and oxygen atoms in total. The molecule has 2 aromatic rings. The predicted molar refractivity (Wildman–Crippen MR) is 84.8 cm³/mol. The number of aromatic nitrogens is 1. The molecule has 21 heavy (non-hydrogen) atoms. The van der Waals surface area contributed by atoms with E-state index in [4.69, 9.17) is 15.9 Å². The molecule has 0 aliphatic heterocycles. The highest BCUT2D eigenvalue weighted by Crippen LogP contribution is 2.37. The number of fused-ring (bicyclic) bond motifs is 1. The molecule has 0 saturated heterocycles. The number of pyridine rings is 1. The Kier molecular flexibility index (Phi) is 3.41. The highest BCUT2D eigenvalue weighted by Gasteiger charge is 2.32. The molecule has 3 N–H and O–H groups in total. The van der Waals surface area contributed by atoms with Gasteiger partial charge in [0.15, 0.2) is 5.84 Å². The van der Waals surface area contributed by atoms with Crippen LogP contribution in [-0.4, -0.2) is 29.1 Å². The summed E-state index contributed by atoms with van der Waals surface area (Å²) in [7, 11) is 2.02. The first kappa shape index (κ1) is 13.7. The minimum absolute atomic E-state index is 0.0955. The number of hydrogen-bond acceptors (Lipinski definition) is 4. The minimum Gasteiger partial charge on any atom is -0.409 e. The number of benzene rings is 1. The number of nitrogens with zero attached hydrogens (tertiary/aromatic N) is 3. The molecule has 5 heteroatoms. The van der Waals surface area contributed by atoms with E-state index in [-0.39, 0.29) is 5.84 Å². The minimum atomic E-state index is 0.0955. The molecule has 0 spiro atoms. The fourth-order valence-corrected chi connectivity index (χ4v) is 2.70. The summed E-state index contributed by atoms with van der Waals surface area (Å²) < 4.78 is 0. The van der Waals surface area contributed by atoms with Crippen molar-refractivity contribution in [3.8, 4) is 0 Å². The molecule has 1 aromatic heterocycles. The van der Waals surface area contributed by atoms with E-state index < -0.39 is 0 Å². The zero-order valence-corrected chi connectivity index (χ0v) is 12.3.